The molecule has 4 radical (unpaired) electrons. The van der Waals surface area contributed by atoms with Crippen LogP contribution in [0.5, 0.6) is 0 Å². The van der Waals surface area contributed by atoms with Crippen LogP contribution in [0.2, 0.25) is 0 Å². The van der Waals surface area contributed by atoms with Gasteiger partial charge in [0, 0.05) is 25.3 Å². The van der Waals surface area contributed by atoms with Gasteiger partial charge in [-0.2, -0.15) is 0 Å². The maximum Gasteiger partial charge on any atom is 0 e. The zero-order valence-electron chi connectivity index (χ0n) is 0.500. The fourth-order valence-corrected chi connectivity index (χ4v) is 0. The van der Waals surface area contributed by atoms with E-state index in [1.807, 2.05) is 0 Å². The van der Waals surface area contributed by atoms with E-state index in [9.17, 15) is 0 Å². The molecule has 0 saturated heterocycles. The third-order valence-electron chi connectivity index (χ3n) is 0. The van der Waals surface area contributed by atoms with Crippen molar-refractivity contribution in [1.29, 1.82) is 0 Å². The first kappa shape index (κ1) is 109. The van der Waals surface area contributed by atoms with Crippen LogP contribution in [0.3, 0.4) is 0 Å². The molecule has 0 aliphatic rings. The molecule has 0 heterocycles. The van der Waals surface area contributed by atoms with Crippen LogP contribution in [0.15, 0.2) is 0 Å². The monoisotopic (exact) mass is 170 g/mol. The second kappa shape index (κ2) is 46.6. The fourth-order valence-electron chi connectivity index (χ4n) is 0. The van der Waals surface area contributed by atoms with Gasteiger partial charge in [-0.1, -0.05) is 22.3 Å². The van der Waals surface area contributed by atoms with Gasteiger partial charge in [0.2, 0.25) is 0 Å². The first-order valence-corrected chi connectivity index (χ1v) is 0. The van der Waals surface area contributed by atoms with Gasteiger partial charge in [0.05, 0.1) is 0 Å². The van der Waals surface area contributed by atoms with Crippen molar-refractivity contribution in [3.8, 4) is 0 Å². The molecule has 0 bridgehead atoms. The molecule has 0 aromatic carbocycles. The second-order valence-corrected chi connectivity index (χ2v) is 0. The van der Waals surface area contributed by atoms with Gasteiger partial charge in [-0.05, 0) is 0 Å². The molecule has 1 heteroatoms. The predicted octanol–water partition coefficient (Wildman–Crippen LogP) is 1.77. The first-order valence-electron chi connectivity index (χ1n) is 0. The molecule has 0 aliphatic heterocycles. The van der Waals surface area contributed by atoms with Crippen molar-refractivity contribution in [3.63, 3.8) is 0 Å². The average Bonchev–Trinajstić information content (AvgIpc) is 0. The molecule has 0 fully saturated rings. The topological polar surface area (TPSA) is 0 Å². The molecule has 0 spiro atoms. The summed E-state index contributed by atoms with van der Waals surface area (Å²) >= 11 is 0. The number of hydrogen-bond acceptors (Lipinski definition) is 0. The summed E-state index contributed by atoms with van der Waals surface area (Å²) in [6.45, 7) is 0. The van der Waals surface area contributed by atoms with Gasteiger partial charge in [-0.25, -0.2) is 0 Å². The molecule has 0 aromatic heterocycles. The van der Waals surface area contributed by atoms with Crippen LogP contribution in [0.1, 0.15) is 23.7 Å². The molecule has 0 aliphatic carbocycles. The molecule has 0 amide bonds. The fraction of sp³-hybridized carbons (Fsp3) is 1.00. The summed E-state index contributed by atoms with van der Waals surface area (Å²) in [5.41, 5.74) is 0. The Morgan fingerprint density at radius 2 is 0.750 bits per heavy atom. The molecule has 0 atom stereocenters. The van der Waals surface area contributed by atoms with Gasteiger partial charge in [-0.15, -0.1) is 0 Å². The summed E-state index contributed by atoms with van der Waals surface area (Å²) in [6.07, 6.45) is 0. The van der Waals surface area contributed by atoms with E-state index in [0.717, 1.165) is 0 Å². The van der Waals surface area contributed by atoms with Crippen molar-refractivity contribution in [2.45, 2.75) is 22.3 Å². The van der Waals surface area contributed by atoms with Crippen molar-refractivity contribution >= 4 is 23.9 Å². The Kier molecular flexibility index (Phi) is 1270. The molecule has 0 saturated carbocycles. The molecule has 0 rings (SSSR count). The molecule has 0 N–H and O–H groups in total. The molecular formula is C3H14Sn. The average molecular weight is 169 g/mol. The van der Waals surface area contributed by atoms with Gasteiger partial charge >= 0.3 is 0 Å². The SMILES string of the molecule is C.C.C.[HH].[Sn]. The summed E-state index contributed by atoms with van der Waals surface area (Å²) < 4.78 is 0. The van der Waals surface area contributed by atoms with Crippen LogP contribution in [0, 0.1) is 0 Å². The van der Waals surface area contributed by atoms with Gasteiger partial charge in [0.1, 0.15) is 0 Å². The Hall–Kier alpha value is 0.799. The Bertz CT molecular complexity index is 6.85. The third-order valence-corrected chi connectivity index (χ3v) is 0. The van der Waals surface area contributed by atoms with Crippen molar-refractivity contribution in [2.75, 3.05) is 0 Å². The maximum atomic E-state index is 0. The van der Waals surface area contributed by atoms with E-state index in [2.05, 4.69) is 0 Å². The van der Waals surface area contributed by atoms with Gasteiger partial charge in [0.15, 0.2) is 0 Å². The van der Waals surface area contributed by atoms with Crippen LogP contribution >= 0.6 is 0 Å². The zero-order chi connectivity index (χ0) is 0. The molecule has 0 nitrogen and oxygen atoms in total. The standard InChI is InChI=1S/3CH4.Sn.H2/h3*1H4;;1H. The van der Waals surface area contributed by atoms with Crippen molar-refractivity contribution < 1.29 is 1.43 Å². The Morgan fingerprint density at radius 1 is 0.750 bits per heavy atom. The van der Waals surface area contributed by atoms with Crippen LogP contribution in [-0.2, 0) is 0 Å². The summed E-state index contributed by atoms with van der Waals surface area (Å²) in [7, 11) is 0. The summed E-state index contributed by atoms with van der Waals surface area (Å²) in [5.74, 6) is 0. The van der Waals surface area contributed by atoms with E-state index >= 15 is 0 Å². The predicted molar refractivity (Wildman–Crippen MR) is 28.1 cm³/mol. The van der Waals surface area contributed by atoms with E-state index in [-0.39, 0.29) is 47.6 Å². The minimum absolute atomic E-state index is 0. The van der Waals surface area contributed by atoms with Crippen LogP contribution < -0.4 is 0 Å². The van der Waals surface area contributed by atoms with Crippen molar-refractivity contribution in [2.24, 2.45) is 0 Å². The van der Waals surface area contributed by atoms with Crippen molar-refractivity contribution in [3.05, 3.63) is 0 Å². The summed E-state index contributed by atoms with van der Waals surface area (Å²) in [6, 6.07) is 0. The normalized spacial score (nSPS) is 0. The van der Waals surface area contributed by atoms with Crippen LogP contribution in [0.4, 0.5) is 0 Å². The Balaban J connectivity index is 0. The van der Waals surface area contributed by atoms with E-state index in [1.54, 1.807) is 0 Å². The quantitative estimate of drug-likeness (QED) is 0.484. The first-order chi connectivity index (χ1) is 0. The molecule has 0 aromatic rings. The van der Waals surface area contributed by atoms with Gasteiger partial charge < -0.3 is 0 Å². The van der Waals surface area contributed by atoms with Gasteiger partial charge in [0.25, 0.3) is 0 Å². The van der Waals surface area contributed by atoms with Crippen LogP contribution in [-0.4, -0.2) is 23.9 Å². The summed E-state index contributed by atoms with van der Waals surface area (Å²) in [5, 5.41) is 0. The number of hydrogen-bond donors (Lipinski definition) is 0. The van der Waals surface area contributed by atoms with E-state index in [1.165, 1.54) is 0 Å². The maximum absolute atomic E-state index is 0. The van der Waals surface area contributed by atoms with Crippen molar-refractivity contribution in [1.82, 2.24) is 0 Å². The molecule has 30 valence electrons. The van der Waals surface area contributed by atoms with E-state index < -0.39 is 0 Å². The summed E-state index contributed by atoms with van der Waals surface area (Å²) in [4.78, 5) is 0. The number of rotatable bonds is 0. The third kappa shape index (κ3) is 14.2. The Morgan fingerprint density at radius 3 is 0.750 bits per heavy atom. The van der Waals surface area contributed by atoms with Crippen LogP contribution in [0.25, 0.3) is 0 Å². The Labute approximate surface area is 48.0 Å². The minimum Gasteiger partial charge on any atom is -0.0776 e. The minimum atomic E-state index is 0. The molecule has 4 heavy (non-hydrogen) atoms. The van der Waals surface area contributed by atoms with E-state index in [0.29, 0.717) is 0 Å². The van der Waals surface area contributed by atoms with E-state index in [4.69, 9.17) is 0 Å². The zero-order valence-corrected chi connectivity index (χ0v) is 3.35. The molecule has 0 unspecified atom stereocenters. The second-order valence-electron chi connectivity index (χ2n) is 0. The largest absolute Gasteiger partial charge is 0.0776 e. The smallest absolute Gasteiger partial charge is 0 e. The van der Waals surface area contributed by atoms with Gasteiger partial charge in [-0.3, -0.25) is 0 Å². The molecular weight excluding hydrogens is 155 g/mol.